The van der Waals surface area contributed by atoms with Gasteiger partial charge in [-0.25, -0.2) is 4.68 Å². The second kappa shape index (κ2) is 6.10. The van der Waals surface area contributed by atoms with Gasteiger partial charge >= 0.3 is 0 Å². The van der Waals surface area contributed by atoms with Gasteiger partial charge in [0.15, 0.2) is 0 Å². The predicted molar refractivity (Wildman–Crippen MR) is 86.4 cm³/mol. The van der Waals surface area contributed by atoms with Crippen LogP contribution >= 0.6 is 11.6 Å². The average Bonchev–Trinajstić information content (AvgIpc) is 2.53. The highest BCUT2D eigenvalue weighted by atomic mass is 35.5. The highest BCUT2D eigenvalue weighted by Crippen LogP contribution is 2.30. The van der Waals surface area contributed by atoms with E-state index >= 15 is 0 Å². The predicted octanol–water partition coefficient (Wildman–Crippen LogP) is 2.40. The highest BCUT2D eigenvalue weighted by Gasteiger charge is 2.28. The number of ether oxygens (including phenoxy) is 1. The number of anilines is 1. The van der Waals surface area contributed by atoms with Crippen molar-refractivity contribution < 1.29 is 4.74 Å². The number of nitrogens with zero attached hydrogens (tertiary/aromatic N) is 3. The van der Waals surface area contributed by atoms with Crippen LogP contribution in [0.15, 0.2) is 41.3 Å². The lowest BCUT2D eigenvalue weighted by Gasteiger charge is -2.38. The molecule has 0 amide bonds. The molecule has 2 aromatic rings. The van der Waals surface area contributed by atoms with Crippen molar-refractivity contribution in [1.29, 1.82) is 0 Å². The van der Waals surface area contributed by atoms with Gasteiger partial charge in [0.05, 0.1) is 18.0 Å². The van der Waals surface area contributed by atoms with E-state index in [0.29, 0.717) is 18.8 Å². The van der Waals surface area contributed by atoms with E-state index in [1.54, 1.807) is 13.2 Å². The fourth-order valence-corrected chi connectivity index (χ4v) is 3.01. The number of morpholine rings is 1. The monoisotopic (exact) mass is 319 g/mol. The van der Waals surface area contributed by atoms with Gasteiger partial charge in [0.1, 0.15) is 11.1 Å². The van der Waals surface area contributed by atoms with Crippen LogP contribution in [0.3, 0.4) is 0 Å². The van der Waals surface area contributed by atoms with Gasteiger partial charge in [-0.2, -0.15) is 5.10 Å². The largest absolute Gasteiger partial charge is 0.367 e. The van der Waals surface area contributed by atoms with Crippen molar-refractivity contribution in [2.45, 2.75) is 19.1 Å². The molecule has 0 aliphatic carbocycles. The Bertz CT molecular complexity index is 717. The van der Waals surface area contributed by atoms with Crippen LogP contribution in [0.1, 0.15) is 18.6 Å². The van der Waals surface area contributed by atoms with Gasteiger partial charge in [0.25, 0.3) is 5.56 Å². The third kappa shape index (κ3) is 2.87. The molecule has 1 fully saturated rings. The summed E-state index contributed by atoms with van der Waals surface area (Å²) in [4.78, 5) is 14.0. The topological polar surface area (TPSA) is 47.4 Å². The third-order valence-corrected chi connectivity index (χ3v) is 4.19. The molecule has 0 bridgehead atoms. The quantitative estimate of drug-likeness (QED) is 0.853. The van der Waals surface area contributed by atoms with Crippen LogP contribution in [0.5, 0.6) is 0 Å². The van der Waals surface area contributed by atoms with Crippen molar-refractivity contribution in [3.8, 4) is 0 Å². The molecule has 22 heavy (non-hydrogen) atoms. The van der Waals surface area contributed by atoms with Crippen molar-refractivity contribution in [2.75, 3.05) is 18.0 Å². The number of aromatic nitrogens is 2. The molecule has 2 atom stereocenters. The Kier molecular flexibility index (Phi) is 4.18. The normalized spacial score (nSPS) is 21.9. The van der Waals surface area contributed by atoms with Gasteiger partial charge in [-0.1, -0.05) is 41.9 Å². The number of hydrogen-bond donors (Lipinski definition) is 0. The average molecular weight is 320 g/mol. The summed E-state index contributed by atoms with van der Waals surface area (Å²) in [7, 11) is 1.59. The molecule has 0 unspecified atom stereocenters. The van der Waals surface area contributed by atoms with Crippen LogP contribution in [0, 0.1) is 0 Å². The van der Waals surface area contributed by atoms with E-state index in [0.717, 1.165) is 5.56 Å². The van der Waals surface area contributed by atoms with Crippen molar-refractivity contribution >= 4 is 17.3 Å². The van der Waals surface area contributed by atoms with Gasteiger partial charge < -0.3 is 9.64 Å². The molecule has 3 rings (SSSR count). The van der Waals surface area contributed by atoms with Crippen molar-refractivity contribution in [3.05, 3.63) is 57.5 Å². The number of benzene rings is 1. The summed E-state index contributed by atoms with van der Waals surface area (Å²) < 4.78 is 7.27. The Morgan fingerprint density at radius 3 is 2.73 bits per heavy atom. The smallest absolute Gasteiger partial charge is 0.287 e. The second-order valence-corrected chi connectivity index (χ2v) is 5.90. The van der Waals surface area contributed by atoms with Crippen LogP contribution in [-0.2, 0) is 11.8 Å². The first-order valence-electron chi connectivity index (χ1n) is 7.23. The molecule has 0 N–H and O–H groups in total. The number of aryl methyl sites for hydroxylation is 1. The first-order chi connectivity index (χ1) is 10.6. The minimum absolute atomic E-state index is 0.0408. The van der Waals surface area contributed by atoms with Crippen molar-refractivity contribution in [1.82, 2.24) is 9.78 Å². The third-order valence-electron chi connectivity index (χ3n) is 3.83. The van der Waals surface area contributed by atoms with Crippen LogP contribution in [0.2, 0.25) is 5.02 Å². The minimum Gasteiger partial charge on any atom is -0.367 e. The minimum atomic E-state index is -0.283. The maximum Gasteiger partial charge on any atom is 0.287 e. The Morgan fingerprint density at radius 1 is 1.27 bits per heavy atom. The van der Waals surface area contributed by atoms with E-state index in [9.17, 15) is 4.79 Å². The summed E-state index contributed by atoms with van der Waals surface area (Å²) in [6, 6.07) is 10.1. The van der Waals surface area contributed by atoms with Crippen molar-refractivity contribution in [3.63, 3.8) is 0 Å². The van der Waals surface area contributed by atoms with Gasteiger partial charge in [-0.15, -0.1) is 0 Å². The van der Waals surface area contributed by atoms with E-state index in [1.165, 1.54) is 4.68 Å². The van der Waals surface area contributed by atoms with Gasteiger partial charge in [0, 0.05) is 20.1 Å². The van der Waals surface area contributed by atoms with Crippen LogP contribution in [0.4, 0.5) is 5.69 Å². The molecule has 0 saturated carbocycles. The molecular formula is C16H18ClN3O2. The zero-order valence-electron chi connectivity index (χ0n) is 12.6. The summed E-state index contributed by atoms with van der Waals surface area (Å²) in [5.74, 6) is 0. The molecule has 0 radical (unpaired) electrons. The standard InChI is InChI=1S/C16H18ClN3O2/c1-11-9-20(13-8-18-19(2)16(21)15(13)17)10-14(22-11)12-6-4-3-5-7-12/h3-8,11,14H,9-10H2,1-2H3/t11-,14-/m1/s1. The molecule has 6 heteroatoms. The SMILES string of the molecule is C[C@@H]1CN(c2cnn(C)c(=O)c2Cl)C[C@H](c2ccccc2)O1. The zero-order chi connectivity index (χ0) is 15.7. The molecule has 2 heterocycles. The fraction of sp³-hybridized carbons (Fsp3) is 0.375. The Balaban J connectivity index is 1.92. The summed E-state index contributed by atoms with van der Waals surface area (Å²) in [5.41, 5.74) is 1.50. The molecule has 116 valence electrons. The zero-order valence-corrected chi connectivity index (χ0v) is 13.3. The first-order valence-corrected chi connectivity index (χ1v) is 7.61. The van der Waals surface area contributed by atoms with Gasteiger partial charge in [0.2, 0.25) is 0 Å². The van der Waals surface area contributed by atoms with E-state index in [-0.39, 0.29) is 22.8 Å². The summed E-state index contributed by atoms with van der Waals surface area (Å²) in [5, 5.41) is 4.28. The van der Waals surface area contributed by atoms with Crippen LogP contribution < -0.4 is 10.5 Å². The van der Waals surface area contributed by atoms with Gasteiger partial charge in [-0.3, -0.25) is 4.79 Å². The Labute approximate surface area is 134 Å². The lowest BCUT2D eigenvalue weighted by Crippen LogP contribution is -2.43. The van der Waals surface area contributed by atoms with E-state index in [2.05, 4.69) is 10.00 Å². The fourth-order valence-electron chi connectivity index (χ4n) is 2.72. The summed E-state index contributed by atoms with van der Waals surface area (Å²) in [6.45, 7) is 3.34. The first kappa shape index (κ1) is 15.1. The van der Waals surface area contributed by atoms with Crippen LogP contribution in [0.25, 0.3) is 0 Å². The lowest BCUT2D eigenvalue weighted by atomic mass is 10.1. The highest BCUT2D eigenvalue weighted by molar-refractivity contribution is 6.33. The number of rotatable bonds is 2. The molecular weight excluding hydrogens is 302 g/mol. The molecule has 0 spiro atoms. The Hall–Kier alpha value is -1.85. The summed E-state index contributed by atoms with van der Waals surface area (Å²) >= 11 is 6.22. The van der Waals surface area contributed by atoms with E-state index < -0.39 is 0 Å². The molecule has 1 saturated heterocycles. The number of hydrogen-bond acceptors (Lipinski definition) is 4. The second-order valence-electron chi connectivity index (χ2n) is 5.52. The lowest BCUT2D eigenvalue weighted by molar-refractivity contribution is -0.0174. The molecule has 5 nitrogen and oxygen atoms in total. The molecule has 1 aliphatic heterocycles. The van der Waals surface area contributed by atoms with Crippen molar-refractivity contribution in [2.24, 2.45) is 7.05 Å². The maximum absolute atomic E-state index is 12.0. The van der Waals surface area contributed by atoms with Gasteiger partial charge in [-0.05, 0) is 12.5 Å². The Morgan fingerprint density at radius 2 is 2.00 bits per heavy atom. The molecule has 1 aromatic heterocycles. The van der Waals surface area contributed by atoms with Crippen LogP contribution in [-0.4, -0.2) is 29.0 Å². The number of halogens is 1. The maximum atomic E-state index is 12.0. The molecule has 1 aliphatic rings. The van der Waals surface area contributed by atoms with E-state index in [4.69, 9.17) is 16.3 Å². The summed E-state index contributed by atoms with van der Waals surface area (Å²) in [6.07, 6.45) is 1.63. The molecule has 1 aromatic carbocycles. The van der Waals surface area contributed by atoms with E-state index in [1.807, 2.05) is 37.3 Å².